The Kier molecular flexibility index (Phi) is 8.11. The van der Waals surface area contributed by atoms with Crippen molar-refractivity contribution < 1.29 is 14.3 Å². The Morgan fingerprint density at radius 2 is 1.69 bits per heavy atom. The van der Waals surface area contributed by atoms with Crippen molar-refractivity contribution in [2.45, 2.75) is 5.25 Å². The van der Waals surface area contributed by atoms with E-state index in [4.69, 9.17) is 45.3 Å². The lowest BCUT2D eigenvalue weighted by molar-refractivity contribution is -0.115. The van der Waals surface area contributed by atoms with Crippen molar-refractivity contribution in [3.63, 3.8) is 0 Å². The molecule has 2 amide bonds. The molecule has 0 saturated heterocycles. The van der Waals surface area contributed by atoms with Crippen LogP contribution in [-0.4, -0.2) is 29.2 Å². The zero-order valence-corrected chi connectivity index (χ0v) is 21.8. The van der Waals surface area contributed by atoms with Gasteiger partial charge in [-0.25, -0.2) is 4.99 Å². The summed E-state index contributed by atoms with van der Waals surface area (Å²) in [5.74, 6) is -0.423. The van der Waals surface area contributed by atoms with Crippen molar-refractivity contribution in [1.29, 1.82) is 0 Å². The van der Waals surface area contributed by atoms with Gasteiger partial charge in [0.2, 0.25) is 5.91 Å². The number of hydrogen-bond acceptors (Lipinski definition) is 6. The van der Waals surface area contributed by atoms with Crippen molar-refractivity contribution >= 4 is 80.5 Å². The fourth-order valence-corrected chi connectivity index (χ4v) is 4.90. The number of amides is 2. The fraction of sp³-hybridized carbons (Fsp3) is 0.0800. The third kappa shape index (κ3) is 5.96. The summed E-state index contributed by atoms with van der Waals surface area (Å²) in [6, 6.07) is 18.3. The average Bonchev–Trinajstić information content (AvgIpc) is 3.18. The first-order valence-corrected chi connectivity index (χ1v) is 12.5. The number of thioether (sulfide) groups is 1. The normalized spacial score (nSPS) is 16.2. The summed E-state index contributed by atoms with van der Waals surface area (Å²) in [6.07, 6.45) is 0. The van der Waals surface area contributed by atoms with Crippen LogP contribution in [0.5, 0.6) is 5.75 Å². The van der Waals surface area contributed by atoms with Crippen molar-refractivity contribution in [3.8, 4) is 5.75 Å². The van der Waals surface area contributed by atoms with Crippen LogP contribution in [0.1, 0.15) is 0 Å². The van der Waals surface area contributed by atoms with E-state index in [2.05, 4.69) is 15.6 Å². The predicted octanol–water partition coefficient (Wildman–Crippen LogP) is 6.29. The molecule has 0 aliphatic carbocycles. The SMILES string of the molecule is COc1cccc(NC(=O)C2=C(N)[C@@H](C(=O)Nc3cc(Cl)ccc3Cl)SC2=Nc2ccc(Cl)cc2)c1. The van der Waals surface area contributed by atoms with Crippen molar-refractivity contribution in [2.24, 2.45) is 10.7 Å². The van der Waals surface area contributed by atoms with E-state index in [1.54, 1.807) is 60.7 Å². The molecule has 0 spiro atoms. The molecular weight excluding hydrogens is 543 g/mol. The molecule has 0 saturated carbocycles. The third-order valence-corrected chi connectivity index (χ3v) is 7.09. The van der Waals surface area contributed by atoms with Crippen LogP contribution < -0.4 is 21.1 Å². The number of carbonyl (C=O) groups is 2. The molecule has 1 atom stereocenters. The predicted molar refractivity (Wildman–Crippen MR) is 148 cm³/mol. The fourth-order valence-electron chi connectivity index (χ4n) is 3.31. The molecular formula is C25H19Cl3N4O3S. The van der Waals surface area contributed by atoms with Gasteiger partial charge >= 0.3 is 0 Å². The molecule has 36 heavy (non-hydrogen) atoms. The summed E-state index contributed by atoms with van der Waals surface area (Å²) in [5, 5.41) is 6.13. The van der Waals surface area contributed by atoms with Gasteiger partial charge in [0, 0.05) is 27.5 Å². The van der Waals surface area contributed by atoms with Gasteiger partial charge in [0.1, 0.15) is 16.0 Å². The molecule has 0 unspecified atom stereocenters. The monoisotopic (exact) mass is 560 g/mol. The molecule has 3 aromatic rings. The number of hydrogen-bond donors (Lipinski definition) is 3. The molecule has 4 rings (SSSR count). The first-order valence-electron chi connectivity index (χ1n) is 10.5. The second kappa shape index (κ2) is 11.3. The van der Waals surface area contributed by atoms with Crippen LogP contribution in [-0.2, 0) is 9.59 Å². The molecule has 0 fully saturated rings. The molecule has 1 aliphatic rings. The lowest BCUT2D eigenvalue weighted by Crippen LogP contribution is -2.29. The van der Waals surface area contributed by atoms with Gasteiger partial charge in [-0.15, -0.1) is 0 Å². The number of benzene rings is 3. The molecule has 0 aromatic heterocycles. The van der Waals surface area contributed by atoms with E-state index < -0.39 is 17.1 Å². The number of rotatable bonds is 6. The van der Waals surface area contributed by atoms with Gasteiger partial charge in [-0.1, -0.05) is 52.6 Å². The molecule has 1 aliphatic heterocycles. The number of nitrogens with two attached hydrogens (primary N) is 1. The minimum atomic E-state index is -0.933. The Hall–Kier alpha value is -3.17. The molecule has 3 aromatic carbocycles. The highest BCUT2D eigenvalue weighted by Gasteiger charge is 2.38. The van der Waals surface area contributed by atoms with E-state index in [9.17, 15) is 9.59 Å². The van der Waals surface area contributed by atoms with E-state index in [1.165, 1.54) is 13.2 Å². The topological polar surface area (TPSA) is 106 Å². The first-order chi connectivity index (χ1) is 17.2. The summed E-state index contributed by atoms with van der Waals surface area (Å²) >= 11 is 19.3. The zero-order chi connectivity index (χ0) is 25.8. The number of ether oxygens (including phenoxy) is 1. The first kappa shape index (κ1) is 25.9. The van der Waals surface area contributed by atoms with Gasteiger partial charge in [0.05, 0.1) is 29.1 Å². The second-order valence-electron chi connectivity index (χ2n) is 7.52. The van der Waals surface area contributed by atoms with Crippen LogP contribution in [0.4, 0.5) is 17.1 Å². The van der Waals surface area contributed by atoms with Gasteiger partial charge in [0.25, 0.3) is 5.91 Å². The van der Waals surface area contributed by atoms with E-state index >= 15 is 0 Å². The highest BCUT2D eigenvalue weighted by molar-refractivity contribution is 8.16. The van der Waals surface area contributed by atoms with Crippen molar-refractivity contribution in [3.05, 3.63) is 93.1 Å². The standard InChI is InChI=1S/C25H19Cl3N4O3S/c1-35-17-4-2-3-16(12-17)30-23(33)20-21(29)22(24(34)32-19-11-14(27)7-10-18(19)28)36-25(20)31-15-8-5-13(26)6-9-15/h2-12,22H,29H2,1H3,(H,30,33)(H,32,34)/t22-/m0/s1. The van der Waals surface area contributed by atoms with Crippen LogP contribution in [0, 0.1) is 0 Å². The highest BCUT2D eigenvalue weighted by atomic mass is 35.5. The van der Waals surface area contributed by atoms with Gasteiger partial charge in [-0.3, -0.25) is 9.59 Å². The van der Waals surface area contributed by atoms with Gasteiger partial charge in [-0.2, -0.15) is 0 Å². The molecule has 184 valence electrons. The van der Waals surface area contributed by atoms with Crippen LogP contribution >= 0.6 is 46.6 Å². The molecule has 0 radical (unpaired) electrons. The number of aliphatic imine (C=N–C) groups is 1. The maximum absolute atomic E-state index is 13.3. The van der Waals surface area contributed by atoms with E-state index in [-0.39, 0.29) is 16.3 Å². The average molecular weight is 562 g/mol. The van der Waals surface area contributed by atoms with Gasteiger partial charge < -0.3 is 21.1 Å². The molecule has 0 bridgehead atoms. The third-order valence-electron chi connectivity index (χ3n) is 5.05. The number of nitrogens with zero attached hydrogens (tertiary/aromatic N) is 1. The zero-order valence-electron chi connectivity index (χ0n) is 18.7. The number of anilines is 2. The highest BCUT2D eigenvalue weighted by Crippen LogP contribution is 2.37. The molecule has 4 N–H and O–H groups in total. The molecule has 11 heteroatoms. The van der Waals surface area contributed by atoms with E-state index in [0.29, 0.717) is 37.9 Å². The number of halogens is 3. The van der Waals surface area contributed by atoms with Gasteiger partial charge in [-0.05, 0) is 54.6 Å². The Morgan fingerprint density at radius 1 is 0.972 bits per heavy atom. The summed E-state index contributed by atoms with van der Waals surface area (Å²) in [6.45, 7) is 0. The Bertz CT molecular complexity index is 1390. The largest absolute Gasteiger partial charge is 0.497 e. The number of nitrogens with one attached hydrogen (secondary N) is 2. The second-order valence-corrected chi connectivity index (χ2v) is 9.89. The van der Waals surface area contributed by atoms with Crippen LogP contribution in [0.2, 0.25) is 15.1 Å². The summed E-state index contributed by atoms with van der Waals surface area (Å²) < 4.78 is 5.22. The van der Waals surface area contributed by atoms with Crippen molar-refractivity contribution in [2.75, 3.05) is 17.7 Å². The Morgan fingerprint density at radius 3 is 2.42 bits per heavy atom. The lowest BCUT2D eigenvalue weighted by Gasteiger charge is -2.13. The quantitative estimate of drug-likeness (QED) is 0.328. The summed E-state index contributed by atoms with van der Waals surface area (Å²) in [7, 11) is 1.53. The van der Waals surface area contributed by atoms with E-state index in [1.807, 2.05) is 0 Å². The van der Waals surface area contributed by atoms with Crippen LogP contribution in [0.25, 0.3) is 0 Å². The lowest BCUT2D eigenvalue weighted by atomic mass is 10.1. The Labute approximate surface area is 226 Å². The minimum Gasteiger partial charge on any atom is -0.497 e. The number of carbonyl (C=O) groups excluding carboxylic acids is 2. The molecule has 1 heterocycles. The summed E-state index contributed by atoms with van der Waals surface area (Å²) in [4.78, 5) is 31.1. The minimum absolute atomic E-state index is 0.0590. The van der Waals surface area contributed by atoms with Crippen LogP contribution in [0.3, 0.4) is 0 Å². The summed E-state index contributed by atoms with van der Waals surface area (Å²) in [5.41, 5.74) is 7.89. The smallest absolute Gasteiger partial charge is 0.260 e. The van der Waals surface area contributed by atoms with E-state index in [0.717, 1.165) is 11.8 Å². The number of methoxy groups -OCH3 is 1. The molecule has 7 nitrogen and oxygen atoms in total. The Balaban J connectivity index is 1.67. The maximum Gasteiger partial charge on any atom is 0.260 e. The van der Waals surface area contributed by atoms with Crippen LogP contribution in [0.15, 0.2) is 83.0 Å². The van der Waals surface area contributed by atoms with Crippen molar-refractivity contribution in [1.82, 2.24) is 0 Å². The van der Waals surface area contributed by atoms with Gasteiger partial charge in [0.15, 0.2) is 0 Å². The maximum atomic E-state index is 13.3.